The van der Waals surface area contributed by atoms with Crippen LogP contribution in [0.25, 0.3) is 0 Å². The summed E-state index contributed by atoms with van der Waals surface area (Å²) in [6, 6.07) is 13.1. The van der Waals surface area contributed by atoms with Gasteiger partial charge in [-0.1, -0.05) is 18.2 Å². The van der Waals surface area contributed by atoms with Crippen LogP contribution < -0.4 is 16.4 Å². The molecule has 0 bridgehead atoms. The Labute approximate surface area is 152 Å². The van der Waals surface area contributed by atoms with Gasteiger partial charge in [0, 0.05) is 37.0 Å². The highest BCUT2D eigenvalue weighted by molar-refractivity contribution is 6.05. The molecule has 2 aromatic carbocycles. The number of anilines is 2. The van der Waals surface area contributed by atoms with Gasteiger partial charge in [0.2, 0.25) is 5.91 Å². The number of rotatable bonds is 6. The molecule has 4 N–H and O–H groups in total. The molecule has 2 aromatic rings. The van der Waals surface area contributed by atoms with Crippen LogP contribution in [-0.2, 0) is 11.3 Å². The fraction of sp³-hybridized carbons (Fsp3) is 0.211. The Morgan fingerprint density at radius 2 is 1.65 bits per heavy atom. The van der Waals surface area contributed by atoms with Crippen LogP contribution in [0.1, 0.15) is 29.8 Å². The number of urea groups is 1. The average Bonchev–Trinajstić information content (AvgIpc) is 2.59. The van der Waals surface area contributed by atoms with Gasteiger partial charge in [0.05, 0.1) is 0 Å². The molecule has 26 heavy (non-hydrogen) atoms. The lowest BCUT2D eigenvalue weighted by atomic mass is 10.1. The third-order valence-electron chi connectivity index (χ3n) is 3.78. The molecule has 0 fully saturated rings. The second kappa shape index (κ2) is 8.66. The molecule has 0 aromatic heterocycles. The number of benzene rings is 2. The zero-order valence-electron chi connectivity index (χ0n) is 14.8. The summed E-state index contributed by atoms with van der Waals surface area (Å²) in [4.78, 5) is 36.6. The molecule has 0 spiro atoms. The van der Waals surface area contributed by atoms with Gasteiger partial charge in [-0.05, 0) is 42.8 Å². The van der Waals surface area contributed by atoms with Crippen LogP contribution in [0.3, 0.4) is 0 Å². The maximum atomic E-state index is 12.4. The maximum Gasteiger partial charge on any atom is 0.316 e. The number of carbonyl (C=O) groups excluding carboxylic acids is 3. The van der Waals surface area contributed by atoms with Crippen molar-refractivity contribution in [2.75, 3.05) is 17.2 Å². The molecule has 7 nitrogen and oxygen atoms in total. The zero-order valence-corrected chi connectivity index (χ0v) is 14.8. The second-order valence-electron chi connectivity index (χ2n) is 5.76. The van der Waals surface area contributed by atoms with E-state index in [0.717, 1.165) is 5.56 Å². The van der Waals surface area contributed by atoms with Gasteiger partial charge in [-0.25, -0.2) is 4.79 Å². The minimum absolute atomic E-state index is 0.000652. The molecule has 2 rings (SSSR count). The highest BCUT2D eigenvalue weighted by Gasteiger charge is 2.10. The van der Waals surface area contributed by atoms with Crippen LogP contribution in [0.5, 0.6) is 0 Å². The van der Waals surface area contributed by atoms with E-state index in [1.54, 1.807) is 35.2 Å². The summed E-state index contributed by atoms with van der Waals surface area (Å²) < 4.78 is 0. The molecule has 0 heterocycles. The van der Waals surface area contributed by atoms with Crippen molar-refractivity contribution >= 4 is 29.2 Å². The maximum absolute atomic E-state index is 12.4. The Kier molecular flexibility index (Phi) is 6.32. The lowest BCUT2D eigenvalue weighted by molar-refractivity contribution is -0.129. The van der Waals surface area contributed by atoms with Gasteiger partial charge in [-0.2, -0.15) is 0 Å². The van der Waals surface area contributed by atoms with Crippen molar-refractivity contribution in [1.82, 2.24) is 4.90 Å². The minimum Gasteiger partial charge on any atom is -0.351 e. The van der Waals surface area contributed by atoms with Gasteiger partial charge in [-0.3, -0.25) is 9.59 Å². The van der Waals surface area contributed by atoms with Crippen LogP contribution in [0, 0.1) is 0 Å². The molecule has 136 valence electrons. The first-order chi connectivity index (χ1) is 12.4. The monoisotopic (exact) mass is 354 g/mol. The van der Waals surface area contributed by atoms with Crippen molar-refractivity contribution in [3.8, 4) is 0 Å². The van der Waals surface area contributed by atoms with Crippen LogP contribution >= 0.6 is 0 Å². The number of carbonyl (C=O) groups is 3. The number of hydrogen-bond donors (Lipinski definition) is 3. The lowest BCUT2D eigenvalue weighted by Crippen LogP contribution is -2.27. The van der Waals surface area contributed by atoms with E-state index in [1.165, 1.54) is 6.92 Å². The largest absolute Gasteiger partial charge is 0.351 e. The topological polar surface area (TPSA) is 105 Å². The van der Waals surface area contributed by atoms with E-state index in [2.05, 4.69) is 10.6 Å². The van der Waals surface area contributed by atoms with Crippen LogP contribution in [0.15, 0.2) is 48.5 Å². The standard InChI is InChI=1S/C19H22N4O3/c1-3-23(13(2)24)12-14-6-4-8-16(10-14)21-18(25)15-7-5-9-17(11-15)22-19(20)26/h4-11H,3,12H2,1-2H3,(H,21,25)(H3,20,22,26). The van der Waals surface area contributed by atoms with Gasteiger partial charge in [0.1, 0.15) is 0 Å². The smallest absolute Gasteiger partial charge is 0.316 e. The first kappa shape index (κ1) is 19.0. The molecule has 4 amide bonds. The van der Waals surface area contributed by atoms with E-state index in [0.29, 0.717) is 30.0 Å². The Morgan fingerprint density at radius 3 is 2.27 bits per heavy atom. The molecule has 0 saturated heterocycles. The predicted octanol–water partition coefficient (Wildman–Crippen LogP) is 2.80. The summed E-state index contributed by atoms with van der Waals surface area (Å²) in [6.07, 6.45) is 0. The molecular weight excluding hydrogens is 332 g/mol. The summed E-state index contributed by atoms with van der Waals surface area (Å²) >= 11 is 0. The summed E-state index contributed by atoms with van der Waals surface area (Å²) in [7, 11) is 0. The van der Waals surface area contributed by atoms with Crippen LogP contribution in [-0.4, -0.2) is 29.3 Å². The average molecular weight is 354 g/mol. The van der Waals surface area contributed by atoms with Crippen molar-refractivity contribution < 1.29 is 14.4 Å². The molecular formula is C19H22N4O3. The Hall–Kier alpha value is -3.35. The van der Waals surface area contributed by atoms with Crippen molar-refractivity contribution in [3.63, 3.8) is 0 Å². The quantitative estimate of drug-likeness (QED) is 0.743. The lowest BCUT2D eigenvalue weighted by Gasteiger charge is -2.19. The molecule has 0 atom stereocenters. The SMILES string of the molecule is CCN(Cc1cccc(NC(=O)c2cccc(NC(N)=O)c2)c1)C(C)=O. The van der Waals surface area contributed by atoms with Gasteiger partial charge in [-0.15, -0.1) is 0 Å². The van der Waals surface area contributed by atoms with Gasteiger partial charge < -0.3 is 21.3 Å². The van der Waals surface area contributed by atoms with E-state index in [-0.39, 0.29) is 11.8 Å². The molecule has 7 heteroatoms. The minimum atomic E-state index is -0.693. The fourth-order valence-corrected chi connectivity index (χ4v) is 2.50. The Balaban J connectivity index is 2.11. The normalized spacial score (nSPS) is 10.1. The number of nitrogens with two attached hydrogens (primary N) is 1. The molecule has 0 aliphatic heterocycles. The Bertz CT molecular complexity index is 820. The molecule has 0 radical (unpaired) electrons. The number of nitrogens with zero attached hydrogens (tertiary/aromatic N) is 1. The van der Waals surface area contributed by atoms with E-state index in [9.17, 15) is 14.4 Å². The number of amides is 4. The van der Waals surface area contributed by atoms with Gasteiger partial charge in [0.15, 0.2) is 0 Å². The summed E-state index contributed by atoms with van der Waals surface area (Å²) in [5.74, 6) is -0.310. The highest BCUT2D eigenvalue weighted by atomic mass is 16.2. The van der Waals surface area contributed by atoms with Crippen molar-refractivity contribution in [2.24, 2.45) is 5.73 Å². The summed E-state index contributed by atoms with van der Waals surface area (Å²) in [6.45, 7) is 4.54. The van der Waals surface area contributed by atoms with Crippen LogP contribution in [0.2, 0.25) is 0 Å². The third-order valence-corrected chi connectivity index (χ3v) is 3.78. The van der Waals surface area contributed by atoms with Gasteiger partial charge in [0.25, 0.3) is 5.91 Å². The van der Waals surface area contributed by atoms with Crippen molar-refractivity contribution in [1.29, 1.82) is 0 Å². The van der Waals surface area contributed by atoms with Crippen molar-refractivity contribution in [2.45, 2.75) is 20.4 Å². The summed E-state index contributed by atoms with van der Waals surface area (Å²) in [5, 5.41) is 5.25. The number of nitrogens with one attached hydrogen (secondary N) is 2. The van der Waals surface area contributed by atoms with Crippen molar-refractivity contribution in [3.05, 3.63) is 59.7 Å². The fourth-order valence-electron chi connectivity index (χ4n) is 2.50. The first-order valence-electron chi connectivity index (χ1n) is 8.21. The first-order valence-corrected chi connectivity index (χ1v) is 8.21. The third kappa shape index (κ3) is 5.34. The van der Waals surface area contributed by atoms with E-state index in [4.69, 9.17) is 5.73 Å². The van der Waals surface area contributed by atoms with E-state index >= 15 is 0 Å². The van der Waals surface area contributed by atoms with E-state index < -0.39 is 6.03 Å². The molecule has 0 unspecified atom stereocenters. The van der Waals surface area contributed by atoms with E-state index in [1.807, 2.05) is 25.1 Å². The molecule has 0 aliphatic carbocycles. The Morgan fingerprint density at radius 1 is 1.00 bits per heavy atom. The van der Waals surface area contributed by atoms with Crippen LogP contribution in [0.4, 0.5) is 16.2 Å². The van der Waals surface area contributed by atoms with Gasteiger partial charge >= 0.3 is 6.03 Å². The second-order valence-corrected chi connectivity index (χ2v) is 5.76. The predicted molar refractivity (Wildman–Crippen MR) is 101 cm³/mol. The zero-order chi connectivity index (χ0) is 19.1. The molecule has 0 saturated carbocycles. The highest BCUT2D eigenvalue weighted by Crippen LogP contribution is 2.16. The summed E-state index contributed by atoms with van der Waals surface area (Å²) in [5.41, 5.74) is 7.46. The number of hydrogen-bond acceptors (Lipinski definition) is 3. The molecule has 0 aliphatic rings. The number of primary amides is 1.